The van der Waals surface area contributed by atoms with E-state index in [1.165, 1.54) is 29.2 Å². The average Bonchev–Trinajstić information content (AvgIpc) is 2.65. The first-order chi connectivity index (χ1) is 9.04. The number of halogens is 2. The van der Waals surface area contributed by atoms with E-state index in [0.29, 0.717) is 12.1 Å². The SMILES string of the molecule is C=CCN1C(=O)N=C(N)C1c1ccc(C(F)F)cc1. The monoisotopic (exact) mass is 265 g/mol. The maximum absolute atomic E-state index is 12.5. The predicted octanol–water partition coefficient (Wildman–Crippen LogP) is 2.64. The van der Waals surface area contributed by atoms with E-state index in [1.807, 2.05) is 0 Å². The van der Waals surface area contributed by atoms with Gasteiger partial charge in [-0.3, -0.25) is 0 Å². The van der Waals surface area contributed by atoms with Crippen molar-refractivity contribution in [2.45, 2.75) is 12.5 Å². The number of benzene rings is 1. The van der Waals surface area contributed by atoms with Crippen LogP contribution in [-0.4, -0.2) is 23.3 Å². The van der Waals surface area contributed by atoms with Crippen LogP contribution in [0, 0.1) is 0 Å². The van der Waals surface area contributed by atoms with E-state index >= 15 is 0 Å². The Balaban J connectivity index is 2.31. The van der Waals surface area contributed by atoms with Crippen molar-refractivity contribution in [3.63, 3.8) is 0 Å². The van der Waals surface area contributed by atoms with E-state index < -0.39 is 18.5 Å². The fraction of sp³-hybridized carbons (Fsp3) is 0.231. The van der Waals surface area contributed by atoms with Gasteiger partial charge in [-0.2, -0.15) is 4.99 Å². The second-order valence-corrected chi connectivity index (χ2v) is 4.13. The second kappa shape index (κ2) is 5.17. The lowest BCUT2D eigenvalue weighted by Gasteiger charge is -2.23. The summed E-state index contributed by atoms with van der Waals surface area (Å²) < 4.78 is 25.0. The van der Waals surface area contributed by atoms with Crippen LogP contribution in [0.4, 0.5) is 13.6 Å². The molecule has 0 saturated carbocycles. The number of amides is 2. The number of aliphatic imine (C=N–C) groups is 1. The van der Waals surface area contributed by atoms with Crippen molar-refractivity contribution in [3.8, 4) is 0 Å². The van der Waals surface area contributed by atoms with Crippen molar-refractivity contribution in [2.24, 2.45) is 10.7 Å². The van der Waals surface area contributed by atoms with E-state index in [9.17, 15) is 13.6 Å². The molecule has 0 spiro atoms. The minimum atomic E-state index is -2.52. The third kappa shape index (κ3) is 2.47. The van der Waals surface area contributed by atoms with E-state index in [2.05, 4.69) is 11.6 Å². The van der Waals surface area contributed by atoms with Crippen molar-refractivity contribution in [2.75, 3.05) is 6.54 Å². The van der Waals surface area contributed by atoms with Crippen LogP contribution in [0.25, 0.3) is 0 Å². The zero-order valence-corrected chi connectivity index (χ0v) is 10.1. The van der Waals surface area contributed by atoms with Gasteiger partial charge in [0.25, 0.3) is 6.43 Å². The lowest BCUT2D eigenvalue weighted by molar-refractivity contribution is 0.151. The Labute approximate surface area is 109 Å². The van der Waals surface area contributed by atoms with Crippen LogP contribution < -0.4 is 5.73 Å². The van der Waals surface area contributed by atoms with Gasteiger partial charge in [0.05, 0.1) is 0 Å². The molecule has 1 unspecified atom stereocenters. The second-order valence-electron chi connectivity index (χ2n) is 4.13. The summed E-state index contributed by atoms with van der Waals surface area (Å²) in [7, 11) is 0. The minimum absolute atomic E-state index is 0.0705. The van der Waals surface area contributed by atoms with E-state index in [4.69, 9.17) is 5.73 Å². The zero-order valence-electron chi connectivity index (χ0n) is 10.1. The molecule has 1 aromatic carbocycles. The van der Waals surface area contributed by atoms with Gasteiger partial charge in [0, 0.05) is 12.1 Å². The first kappa shape index (κ1) is 13.2. The van der Waals surface area contributed by atoms with Gasteiger partial charge in [0.15, 0.2) is 0 Å². The Morgan fingerprint density at radius 2 is 2.05 bits per heavy atom. The Morgan fingerprint density at radius 3 is 2.58 bits per heavy atom. The molecule has 2 amide bonds. The Bertz CT molecular complexity index is 525. The molecule has 0 fully saturated rings. The number of amidine groups is 1. The van der Waals surface area contributed by atoms with Gasteiger partial charge in [-0.25, -0.2) is 13.6 Å². The molecule has 6 heteroatoms. The molecule has 1 aliphatic rings. The molecule has 0 bridgehead atoms. The normalized spacial score (nSPS) is 18.9. The number of hydrogen-bond donors (Lipinski definition) is 1. The predicted molar refractivity (Wildman–Crippen MR) is 68.1 cm³/mol. The number of carbonyl (C=O) groups is 1. The molecule has 2 rings (SSSR count). The molecule has 0 aliphatic carbocycles. The molecule has 1 aliphatic heterocycles. The zero-order chi connectivity index (χ0) is 14.0. The number of hydrogen-bond acceptors (Lipinski definition) is 2. The summed E-state index contributed by atoms with van der Waals surface area (Å²) in [6, 6.07) is 4.74. The standard InChI is InChI=1S/C13H13F2N3O/c1-2-7-18-10(12(16)17-13(18)19)8-3-5-9(6-4-8)11(14)15/h2-6,10-11H,1,7H2,(H2,16,17,19). The van der Waals surface area contributed by atoms with Crippen molar-refractivity contribution in [1.29, 1.82) is 0 Å². The lowest BCUT2D eigenvalue weighted by atomic mass is 10.0. The number of urea groups is 1. The van der Waals surface area contributed by atoms with Gasteiger partial charge in [0.2, 0.25) is 0 Å². The van der Waals surface area contributed by atoms with Gasteiger partial charge in [-0.1, -0.05) is 30.3 Å². The first-order valence-corrected chi connectivity index (χ1v) is 5.68. The number of alkyl halides is 2. The maximum atomic E-state index is 12.5. The molecule has 1 heterocycles. The molecule has 1 atom stereocenters. The van der Waals surface area contributed by atoms with E-state index in [1.54, 1.807) is 6.08 Å². The third-order valence-corrected chi connectivity index (χ3v) is 2.89. The first-order valence-electron chi connectivity index (χ1n) is 5.68. The largest absolute Gasteiger partial charge is 0.385 e. The minimum Gasteiger partial charge on any atom is -0.385 e. The van der Waals surface area contributed by atoms with Crippen LogP contribution >= 0.6 is 0 Å². The Morgan fingerprint density at radius 1 is 1.42 bits per heavy atom. The van der Waals surface area contributed by atoms with Crippen molar-refractivity contribution in [1.82, 2.24) is 4.90 Å². The maximum Gasteiger partial charge on any atom is 0.346 e. The van der Waals surface area contributed by atoms with Gasteiger partial charge in [-0.05, 0) is 5.56 Å². The molecule has 0 aromatic heterocycles. The fourth-order valence-electron chi connectivity index (χ4n) is 2.00. The summed E-state index contributed by atoms with van der Waals surface area (Å²) >= 11 is 0. The summed E-state index contributed by atoms with van der Waals surface area (Å²) in [6.45, 7) is 3.86. The van der Waals surface area contributed by atoms with E-state index in [-0.39, 0.29) is 11.4 Å². The van der Waals surface area contributed by atoms with Crippen LogP contribution in [0.3, 0.4) is 0 Å². The summed E-state index contributed by atoms with van der Waals surface area (Å²) in [4.78, 5) is 16.7. The summed E-state index contributed by atoms with van der Waals surface area (Å²) in [5, 5.41) is 0. The molecule has 2 N–H and O–H groups in total. The molecule has 19 heavy (non-hydrogen) atoms. The third-order valence-electron chi connectivity index (χ3n) is 2.89. The van der Waals surface area contributed by atoms with Crippen molar-refractivity contribution in [3.05, 3.63) is 48.0 Å². The van der Waals surface area contributed by atoms with Crippen LogP contribution in [0.5, 0.6) is 0 Å². The topological polar surface area (TPSA) is 58.7 Å². The van der Waals surface area contributed by atoms with Crippen LogP contribution in [0.15, 0.2) is 41.9 Å². The highest BCUT2D eigenvalue weighted by atomic mass is 19.3. The molecule has 100 valence electrons. The number of carbonyl (C=O) groups excluding carboxylic acids is 1. The average molecular weight is 265 g/mol. The highest BCUT2D eigenvalue weighted by Gasteiger charge is 2.33. The molecule has 0 saturated heterocycles. The van der Waals surface area contributed by atoms with Crippen LogP contribution in [0.1, 0.15) is 23.6 Å². The van der Waals surface area contributed by atoms with E-state index in [0.717, 1.165) is 0 Å². The molecule has 4 nitrogen and oxygen atoms in total. The Kier molecular flexibility index (Phi) is 3.59. The van der Waals surface area contributed by atoms with Crippen molar-refractivity contribution >= 4 is 11.9 Å². The number of rotatable bonds is 4. The molecular weight excluding hydrogens is 252 g/mol. The van der Waals surface area contributed by atoms with Crippen LogP contribution in [0.2, 0.25) is 0 Å². The quantitative estimate of drug-likeness (QED) is 0.851. The number of nitrogens with two attached hydrogens (primary N) is 1. The molecule has 1 aromatic rings. The van der Waals surface area contributed by atoms with Gasteiger partial charge in [-0.15, -0.1) is 6.58 Å². The van der Waals surface area contributed by atoms with Gasteiger partial charge < -0.3 is 10.6 Å². The molecular formula is C13H13F2N3O. The fourth-order valence-corrected chi connectivity index (χ4v) is 2.00. The smallest absolute Gasteiger partial charge is 0.346 e. The summed E-state index contributed by atoms with van der Waals surface area (Å²) in [6.07, 6.45) is -0.957. The van der Waals surface area contributed by atoms with Crippen LogP contribution in [-0.2, 0) is 0 Å². The van der Waals surface area contributed by atoms with Crippen molar-refractivity contribution < 1.29 is 13.6 Å². The molecule has 0 radical (unpaired) electrons. The van der Waals surface area contributed by atoms with Gasteiger partial charge in [0.1, 0.15) is 11.9 Å². The number of nitrogens with zero attached hydrogens (tertiary/aromatic N) is 2. The van der Waals surface area contributed by atoms with Gasteiger partial charge >= 0.3 is 6.03 Å². The summed E-state index contributed by atoms with van der Waals surface area (Å²) in [5.41, 5.74) is 6.31. The Hall–Kier alpha value is -2.24. The lowest BCUT2D eigenvalue weighted by Crippen LogP contribution is -2.33. The summed E-state index contributed by atoms with van der Waals surface area (Å²) in [5.74, 6) is 0.164. The highest BCUT2D eigenvalue weighted by Crippen LogP contribution is 2.28. The highest BCUT2D eigenvalue weighted by molar-refractivity contribution is 6.03.